The van der Waals surface area contributed by atoms with Crippen molar-refractivity contribution in [2.75, 3.05) is 39.7 Å². The molecule has 1 N–H and O–H groups in total. The van der Waals surface area contributed by atoms with Gasteiger partial charge in [0.15, 0.2) is 11.5 Å². The second-order valence-electron chi connectivity index (χ2n) is 7.24. The highest BCUT2D eigenvalue weighted by molar-refractivity contribution is 6.06. The minimum absolute atomic E-state index is 0.267. The van der Waals surface area contributed by atoms with Crippen molar-refractivity contribution in [3.05, 3.63) is 71.9 Å². The number of benzene rings is 2. The second-order valence-corrected chi connectivity index (χ2v) is 7.24. The SMILES string of the molecule is COc1cc(C)ccc1Oc1ccc(NC(=O)c2ccccc2OCCN(C)C)cn1. The predicted octanol–water partition coefficient (Wildman–Crippen LogP) is 4.38. The lowest BCUT2D eigenvalue weighted by molar-refractivity contribution is 0.102. The van der Waals surface area contributed by atoms with Gasteiger partial charge in [0, 0.05) is 12.6 Å². The molecule has 0 aliphatic heterocycles. The third-order valence-corrected chi connectivity index (χ3v) is 4.46. The van der Waals surface area contributed by atoms with Crippen molar-refractivity contribution < 1.29 is 19.0 Å². The van der Waals surface area contributed by atoms with Crippen LogP contribution < -0.4 is 19.5 Å². The third kappa shape index (κ3) is 6.20. The van der Waals surface area contributed by atoms with Gasteiger partial charge in [-0.2, -0.15) is 0 Å². The zero-order valence-corrected chi connectivity index (χ0v) is 18.2. The van der Waals surface area contributed by atoms with Gasteiger partial charge >= 0.3 is 0 Å². The molecule has 0 unspecified atom stereocenters. The molecule has 162 valence electrons. The van der Waals surface area contributed by atoms with Crippen molar-refractivity contribution in [3.63, 3.8) is 0 Å². The Kier molecular flexibility index (Phi) is 7.45. The molecule has 1 aromatic heterocycles. The van der Waals surface area contributed by atoms with Crippen molar-refractivity contribution in [2.24, 2.45) is 0 Å². The highest BCUT2D eigenvalue weighted by Crippen LogP contribution is 2.31. The first-order valence-corrected chi connectivity index (χ1v) is 9.92. The summed E-state index contributed by atoms with van der Waals surface area (Å²) in [5.74, 6) is 1.87. The Balaban J connectivity index is 1.66. The van der Waals surface area contributed by atoms with E-state index >= 15 is 0 Å². The molecule has 1 amide bonds. The van der Waals surface area contributed by atoms with Crippen LogP contribution in [0, 0.1) is 6.92 Å². The number of aryl methyl sites for hydroxylation is 1. The zero-order valence-electron chi connectivity index (χ0n) is 18.2. The summed E-state index contributed by atoms with van der Waals surface area (Å²) in [6.07, 6.45) is 1.55. The van der Waals surface area contributed by atoms with Crippen LogP contribution in [0.2, 0.25) is 0 Å². The molecule has 7 nitrogen and oxygen atoms in total. The quantitative estimate of drug-likeness (QED) is 0.553. The van der Waals surface area contributed by atoms with Crippen molar-refractivity contribution >= 4 is 11.6 Å². The van der Waals surface area contributed by atoms with Gasteiger partial charge < -0.3 is 24.4 Å². The molecule has 0 aliphatic rings. The van der Waals surface area contributed by atoms with Crippen LogP contribution in [-0.4, -0.2) is 50.1 Å². The van der Waals surface area contributed by atoms with Crippen LogP contribution >= 0.6 is 0 Å². The summed E-state index contributed by atoms with van der Waals surface area (Å²) in [6.45, 7) is 3.23. The Hall–Kier alpha value is -3.58. The lowest BCUT2D eigenvalue weighted by atomic mass is 10.2. The number of nitrogens with one attached hydrogen (secondary N) is 1. The van der Waals surface area contributed by atoms with Crippen LogP contribution in [0.3, 0.4) is 0 Å². The molecule has 0 saturated heterocycles. The number of rotatable bonds is 9. The van der Waals surface area contributed by atoms with E-state index in [2.05, 4.69) is 10.3 Å². The molecular weight excluding hydrogens is 394 g/mol. The minimum atomic E-state index is -0.267. The molecule has 0 saturated carbocycles. The second kappa shape index (κ2) is 10.4. The summed E-state index contributed by atoms with van der Waals surface area (Å²) >= 11 is 0. The van der Waals surface area contributed by atoms with E-state index in [9.17, 15) is 4.79 Å². The Labute approximate surface area is 182 Å². The van der Waals surface area contributed by atoms with Gasteiger partial charge in [-0.25, -0.2) is 4.98 Å². The van der Waals surface area contributed by atoms with E-state index in [1.165, 1.54) is 0 Å². The van der Waals surface area contributed by atoms with Crippen molar-refractivity contribution in [1.29, 1.82) is 0 Å². The number of ether oxygens (including phenoxy) is 3. The van der Waals surface area contributed by atoms with Gasteiger partial charge in [-0.15, -0.1) is 0 Å². The lowest BCUT2D eigenvalue weighted by Crippen LogP contribution is -2.20. The molecule has 1 heterocycles. The largest absolute Gasteiger partial charge is 0.493 e. The van der Waals surface area contributed by atoms with Crippen LogP contribution in [0.1, 0.15) is 15.9 Å². The van der Waals surface area contributed by atoms with E-state index in [4.69, 9.17) is 14.2 Å². The smallest absolute Gasteiger partial charge is 0.259 e. The molecule has 0 bridgehead atoms. The van der Waals surface area contributed by atoms with Gasteiger partial charge in [0.25, 0.3) is 5.91 Å². The van der Waals surface area contributed by atoms with E-state index in [1.807, 2.05) is 50.2 Å². The average Bonchev–Trinajstić information content (AvgIpc) is 2.76. The van der Waals surface area contributed by atoms with Gasteiger partial charge in [0.1, 0.15) is 12.4 Å². The van der Waals surface area contributed by atoms with Crippen LogP contribution in [0.5, 0.6) is 23.1 Å². The number of pyridine rings is 1. The molecule has 0 fully saturated rings. The number of amides is 1. The Morgan fingerprint density at radius 2 is 1.84 bits per heavy atom. The Morgan fingerprint density at radius 3 is 2.55 bits per heavy atom. The van der Waals surface area contributed by atoms with E-state index in [0.717, 1.165) is 12.1 Å². The highest BCUT2D eigenvalue weighted by Gasteiger charge is 2.13. The number of para-hydroxylation sites is 1. The molecule has 0 atom stereocenters. The van der Waals surface area contributed by atoms with Crippen LogP contribution in [-0.2, 0) is 0 Å². The van der Waals surface area contributed by atoms with Gasteiger partial charge in [-0.3, -0.25) is 4.79 Å². The lowest BCUT2D eigenvalue weighted by Gasteiger charge is -2.14. The van der Waals surface area contributed by atoms with Gasteiger partial charge in [-0.05, 0) is 56.9 Å². The monoisotopic (exact) mass is 421 g/mol. The summed E-state index contributed by atoms with van der Waals surface area (Å²) < 4.78 is 16.9. The molecule has 3 rings (SSSR count). The topological polar surface area (TPSA) is 72.9 Å². The maximum atomic E-state index is 12.7. The molecule has 0 aliphatic carbocycles. The summed E-state index contributed by atoms with van der Waals surface area (Å²) in [5, 5.41) is 2.85. The fraction of sp³-hybridized carbons (Fsp3) is 0.250. The van der Waals surface area contributed by atoms with Crippen LogP contribution in [0.25, 0.3) is 0 Å². The average molecular weight is 421 g/mol. The summed E-state index contributed by atoms with van der Waals surface area (Å²) in [7, 11) is 5.53. The van der Waals surface area contributed by atoms with Gasteiger partial charge in [-0.1, -0.05) is 18.2 Å². The first-order valence-electron chi connectivity index (χ1n) is 9.92. The normalized spacial score (nSPS) is 10.6. The van der Waals surface area contributed by atoms with E-state index in [0.29, 0.717) is 41.0 Å². The summed E-state index contributed by atoms with van der Waals surface area (Å²) in [5.41, 5.74) is 2.09. The van der Waals surface area contributed by atoms with E-state index in [-0.39, 0.29) is 5.91 Å². The molecule has 0 spiro atoms. The number of anilines is 1. The molecule has 7 heteroatoms. The van der Waals surface area contributed by atoms with Crippen LogP contribution in [0.4, 0.5) is 5.69 Å². The number of carbonyl (C=O) groups excluding carboxylic acids is 1. The number of carbonyl (C=O) groups is 1. The zero-order chi connectivity index (χ0) is 22.2. The Bertz CT molecular complexity index is 1020. The first-order chi connectivity index (χ1) is 15.0. The Morgan fingerprint density at radius 1 is 1.03 bits per heavy atom. The number of hydrogen-bond donors (Lipinski definition) is 1. The molecule has 3 aromatic rings. The molecular formula is C24H27N3O4. The maximum Gasteiger partial charge on any atom is 0.259 e. The van der Waals surface area contributed by atoms with E-state index < -0.39 is 0 Å². The third-order valence-electron chi connectivity index (χ3n) is 4.46. The van der Waals surface area contributed by atoms with Crippen molar-refractivity contribution in [2.45, 2.75) is 6.92 Å². The molecule has 31 heavy (non-hydrogen) atoms. The maximum absolute atomic E-state index is 12.7. The van der Waals surface area contributed by atoms with E-state index in [1.54, 1.807) is 43.6 Å². The standard InChI is InChI=1S/C24H27N3O4/c1-17-9-11-21(22(15-17)29-4)31-23-12-10-18(16-25-23)26-24(28)19-7-5-6-8-20(19)30-14-13-27(2)3/h5-12,15-16H,13-14H2,1-4H3,(H,26,28). The van der Waals surface area contributed by atoms with Gasteiger partial charge in [0.2, 0.25) is 5.88 Å². The number of aromatic nitrogens is 1. The fourth-order valence-electron chi connectivity index (χ4n) is 2.80. The predicted molar refractivity (Wildman–Crippen MR) is 120 cm³/mol. The van der Waals surface area contributed by atoms with Gasteiger partial charge in [0.05, 0.1) is 24.6 Å². The van der Waals surface area contributed by atoms with Crippen molar-refractivity contribution in [3.8, 4) is 23.1 Å². The highest BCUT2D eigenvalue weighted by atomic mass is 16.5. The summed E-state index contributed by atoms with van der Waals surface area (Å²) in [4.78, 5) is 19.0. The first kappa shape index (κ1) is 22.1. The van der Waals surface area contributed by atoms with Crippen molar-refractivity contribution in [1.82, 2.24) is 9.88 Å². The molecule has 2 aromatic carbocycles. The number of likely N-dealkylation sites (N-methyl/N-ethyl adjacent to an activating group) is 1. The fourth-order valence-corrected chi connectivity index (χ4v) is 2.80. The number of hydrogen-bond acceptors (Lipinski definition) is 6. The minimum Gasteiger partial charge on any atom is -0.493 e. The number of methoxy groups -OCH3 is 1. The number of nitrogens with zero attached hydrogens (tertiary/aromatic N) is 2. The summed E-state index contributed by atoms with van der Waals surface area (Å²) in [6, 6.07) is 16.2. The molecule has 0 radical (unpaired) electrons. The van der Waals surface area contributed by atoms with Crippen LogP contribution in [0.15, 0.2) is 60.8 Å².